The van der Waals surface area contributed by atoms with Crippen LogP contribution in [-0.2, 0) is 4.74 Å². The number of carbonyl (C=O) groups is 1. The molecule has 0 aromatic heterocycles. The summed E-state index contributed by atoms with van der Waals surface area (Å²) in [5.41, 5.74) is 0.496. The van der Waals surface area contributed by atoms with E-state index in [1.54, 1.807) is 23.9 Å². The molecule has 0 fully saturated rings. The third kappa shape index (κ3) is 4.62. The van der Waals surface area contributed by atoms with E-state index in [0.717, 1.165) is 19.6 Å². The lowest BCUT2D eigenvalue weighted by Crippen LogP contribution is -2.44. The Labute approximate surface area is 144 Å². The van der Waals surface area contributed by atoms with Crippen LogP contribution in [0.5, 0.6) is 0 Å². The molecule has 21 heavy (non-hydrogen) atoms. The molecule has 1 aromatic carbocycles. The molecule has 0 radical (unpaired) electrons. The Balaban J connectivity index is 2.17. The molecule has 1 aliphatic rings. The average Bonchev–Trinajstić information content (AvgIpc) is 2.82. The normalized spacial score (nSPS) is 17.3. The van der Waals surface area contributed by atoms with Gasteiger partial charge in [0.15, 0.2) is 0 Å². The first-order chi connectivity index (χ1) is 9.99. The summed E-state index contributed by atoms with van der Waals surface area (Å²) >= 11 is 8.36. The van der Waals surface area contributed by atoms with E-state index in [1.165, 1.54) is 0 Å². The van der Waals surface area contributed by atoms with Crippen LogP contribution in [0, 0.1) is 0 Å². The highest BCUT2D eigenvalue weighted by Crippen LogP contribution is 2.26. The fraction of sp³-hybridized carbons (Fsp3) is 0.385. The van der Waals surface area contributed by atoms with Gasteiger partial charge in [-0.2, -0.15) is 11.8 Å². The van der Waals surface area contributed by atoms with E-state index in [-0.39, 0.29) is 12.6 Å². The third-order valence-electron chi connectivity index (χ3n) is 2.80. The number of amides is 1. The van der Waals surface area contributed by atoms with Gasteiger partial charge in [-0.3, -0.25) is 0 Å². The number of carboxylic acid groups (broad SMARTS) is 1. The van der Waals surface area contributed by atoms with Gasteiger partial charge in [-0.25, -0.2) is 4.99 Å². The SMILES string of the molecule is CSCC1COC(CN(C(=O)[O-])c2cc(Br)cc(Br)c2)=N1. The van der Waals surface area contributed by atoms with Crippen molar-refractivity contribution in [3.05, 3.63) is 27.1 Å². The molecule has 1 atom stereocenters. The molecule has 114 valence electrons. The lowest BCUT2D eigenvalue weighted by Gasteiger charge is -2.25. The summed E-state index contributed by atoms with van der Waals surface area (Å²) in [6, 6.07) is 5.33. The predicted molar refractivity (Wildman–Crippen MR) is 90.1 cm³/mol. The third-order valence-corrected chi connectivity index (χ3v) is 4.43. The predicted octanol–water partition coefficient (Wildman–Crippen LogP) is 2.52. The van der Waals surface area contributed by atoms with Gasteiger partial charge >= 0.3 is 0 Å². The fourth-order valence-corrected chi connectivity index (χ4v) is 3.75. The van der Waals surface area contributed by atoms with Crippen molar-refractivity contribution in [2.24, 2.45) is 4.99 Å². The van der Waals surface area contributed by atoms with Gasteiger partial charge in [0.1, 0.15) is 19.2 Å². The standard InChI is InChI=1S/C13H14Br2N2O3S/c1-21-7-10-6-20-12(16-10)5-17(13(18)19)11-3-8(14)2-9(15)4-11/h2-4,10H,5-7H2,1H3,(H,18,19)/p-1. The van der Waals surface area contributed by atoms with Crippen LogP contribution in [0.2, 0.25) is 0 Å². The lowest BCUT2D eigenvalue weighted by molar-refractivity contribution is -0.246. The number of halogens is 2. The highest BCUT2D eigenvalue weighted by molar-refractivity contribution is 9.11. The van der Waals surface area contributed by atoms with Gasteiger partial charge in [0.25, 0.3) is 0 Å². The Hall–Kier alpha value is -0.730. The van der Waals surface area contributed by atoms with E-state index >= 15 is 0 Å². The minimum atomic E-state index is -1.29. The van der Waals surface area contributed by atoms with Crippen molar-refractivity contribution in [2.45, 2.75) is 6.04 Å². The van der Waals surface area contributed by atoms with Crippen LogP contribution in [0.3, 0.4) is 0 Å². The summed E-state index contributed by atoms with van der Waals surface area (Å²) in [6.07, 6.45) is 0.708. The molecule has 0 saturated carbocycles. The Morgan fingerprint density at radius 2 is 2.14 bits per heavy atom. The maximum Gasteiger partial charge on any atom is 0.204 e. The second-order valence-corrected chi connectivity index (χ2v) is 7.16. The van der Waals surface area contributed by atoms with E-state index in [9.17, 15) is 9.90 Å². The Kier molecular flexibility index (Phi) is 5.95. The van der Waals surface area contributed by atoms with Crippen LogP contribution in [-0.4, -0.2) is 43.2 Å². The van der Waals surface area contributed by atoms with Crippen LogP contribution in [0.15, 0.2) is 32.1 Å². The van der Waals surface area contributed by atoms with E-state index < -0.39 is 6.09 Å². The summed E-state index contributed by atoms with van der Waals surface area (Å²) in [6.45, 7) is 0.551. The maximum atomic E-state index is 11.4. The minimum absolute atomic E-state index is 0.0517. The number of thioether (sulfide) groups is 1. The molecule has 0 saturated heterocycles. The van der Waals surface area contributed by atoms with Gasteiger partial charge in [0, 0.05) is 20.4 Å². The van der Waals surface area contributed by atoms with E-state index in [4.69, 9.17) is 4.74 Å². The number of rotatable bonds is 5. The van der Waals surface area contributed by atoms with Crippen molar-refractivity contribution < 1.29 is 14.6 Å². The highest BCUT2D eigenvalue weighted by atomic mass is 79.9. The monoisotopic (exact) mass is 435 g/mol. The molecule has 1 aliphatic heterocycles. The summed E-state index contributed by atoms with van der Waals surface area (Å²) in [5.74, 6) is 1.28. The van der Waals surface area contributed by atoms with Crippen molar-refractivity contribution in [3.63, 3.8) is 0 Å². The second kappa shape index (κ2) is 7.51. The van der Waals surface area contributed by atoms with Gasteiger partial charge in [-0.1, -0.05) is 31.9 Å². The zero-order valence-corrected chi connectivity index (χ0v) is 15.2. The first-order valence-electron chi connectivity index (χ1n) is 6.12. The number of nitrogens with zero attached hydrogens (tertiary/aromatic N) is 2. The van der Waals surface area contributed by atoms with Crippen molar-refractivity contribution in [1.29, 1.82) is 0 Å². The largest absolute Gasteiger partial charge is 0.530 e. The van der Waals surface area contributed by atoms with Gasteiger partial charge in [0.05, 0.1) is 6.04 Å². The Morgan fingerprint density at radius 3 is 2.71 bits per heavy atom. The number of aliphatic imine (C=N–C) groups is 1. The maximum absolute atomic E-state index is 11.4. The number of hydrogen-bond donors (Lipinski definition) is 0. The van der Waals surface area contributed by atoms with Gasteiger partial charge in [0.2, 0.25) is 5.90 Å². The fourth-order valence-electron chi connectivity index (χ4n) is 1.93. The number of carbonyl (C=O) groups excluding carboxylic acids is 1. The number of ether oxygens (including phenoxy) is 1. The summed E-state index contributed by atoms with van der Waals surface area (Å²) in [5, 5.41) is 11.4. The summed E-state index contributed by atoms with van der Waals surface area (Å²) in [4.78, 5) is 16.9. The smallest absolute Gasteiger partial charge is 0.204 e. The van der Waals surface area contributed by atoms with E-state index in [1.807, 2.05) is 12.3 Å². The summed E-state index contributed by atoms with van der Waals surface area (Å²) in [7, 11) is 0. The molecule has 5 nitrogen and oxygen atoms in total. The number of hydrogen-bond acceptors (Lipinski definition) is 5. The lowest BCUT2D eigenvalue weighted by atomic mass is 10.3. The van der Waals surface area contributed by atoms with Crippen molar-refractivity contribution in [1.82, 2.24) is 0 Å². The van der Waals surface area contributed by atoms with E-state index in [2.05, 4.69) is 36.9 Å². The molecular weight excluding hydrogens is 424 g/mol. The molecule has 1 amide bonds. The van der Waals surface area contributed by atoms with Crippen LogP contribution >= 0.6 is 43.6 Å². The molecule has 0 spiro atoms. The molecule has 0 aliphatic carbocycles. The summed E-state index contributed by atoms with van der Waals surface area (Å²) < 4.78 is 7.00. The minimum Gasteiger partial charge on any atom is -0.530 e. The second-order valence-electron chi connectivity index (χ2n) is 4.42. The Morgan fingerprint density at radius 1 is 1.48 bits per heavy atom. The molecule has 1 heterocycles. The Bertz CT molecular complexity index is 548. The average molecular weight is 437 g/mol. The molecular formula is C13H13Br2N2O3S-. The molecule has 1 unspecified atom stereocenters. The molecule has 1 aromatic rings. The zero-order valence-electron chi connectivity index (χ0n) is 11.2. The topological polar surface area (TPSA) is 65.0 Å². The van der Waals surface area contributed by atoms with Gasteiger partial charge in [-0.15, -0.1) is 0 Å². The van der Waals surface area contributed by atoms with Crippen LogP contribution in [0.1, 0.15) is 0 Å². The van der Waals surface area contributed by atoms with Crippen molar-refractivity contribution in [2.75, 3.05) is 30.1 Å². The van der Waals surface area contributed by atoms with Gasteiger partial charge < -0.3 is 19.5 Å². The van der Waals surface area contributed by atoms with Gasteiger partial charge in [-0.05, 0) is 24.5 Å². The molecule has 8 heteroatoms. The number of anilines is 1. The van der Waals surface area contributed by atoms with Crippen LogP contribution in [0.4, 0.5) is 10.5 Å². The van der Waals surface area contributed by atoms with Crippen LogP contribution < -0.4 is 10.0 Å². The molecule has 0 N–H and O–H groups in total. The first-order valence-corrected chi connectivity index (χ1v) is 9.10. The quantitative estimate of drug-likeness (QED) is 0.711. The van der Waals surface area contributed by atoms with Crippen LogP contribution in [0.25, 0.3) is 0 Å². The molecule has 2 rings (SSSR count). The zero-order chi connectivity index (χ0) is 15.4. The molecule has 0 bridgehead atoms. The number of benzene rings is 1. The van der Waals surface area contributed by atoms with Crippen molar-refractivity contribution in [3.8, 4) is 0 Å². The first kappa shape index (κ1) is 16.6. The van der Waals surface area contributed by atoms with Crippen molar-refractivity contribution >= 4 is 61.3 Å². The van der Waals surface area contributed by atoms with E-state index in [0.29, 0.717) is 18.2 Å². The highest BCUT2D eigenvalue weighted by Gasteiger charge is 2.21.